The van der Waals surface area contributed by atoms with Gasteiger partial charge in [-0.05, 0) is 42.7 Å². The molecule has 2 aliphatic rings. The third-order valence-electron chi connectivity index (χ3n) is 4.89. The van der Waals surface area contributed by atoms with Crippen LogP contribution in [0, 0.1) is 5.92 Å². The van der Waals surface area contributed by atoms with Gasteiger partial charge in [-0.2, -0.15) is 5.10 Å². The maximum atomic E-state index is 12.5. The molecule has 0 spiro atoms. The number of rotatable bonds is 6. The van der Waals surface area contributed by atoms with E-state index >= 15 is 0 Å². The maximum Gasteiger partial charge on any atom is 0.257 e. The van der Waals surface area contributed by atoms with Crippen molar-refractivity contribution in [2.45, 2.75) is 19.3 Å². The third kappa shape index (κ3) is 3.28. The van der Waals surface area contributed by atoms with Crippen LogP contribution in [0.2, 0.25) is 0 Å². The van der Waals surface area contributed by atoms with Crippen molar-refractivity contribution >= 4 is 22.6 Å². The molecule has 1 aliphatic heterocycles. The Balaban J connectivity index is 1.30. The molecule has 138 valence electrons. The zero-order chi connectivity index (χ0) is 18.2. The fourth-order valence-corrected chi connectivity index (χ4v) is 3.15. The van der Waals surface area contributed by atoms with Crippen molar-refractivity contribution in [1.29, 1.82) is 0 Å². The second kappa shape index (κ2) is 6.50. The molecular formula is C20H19N3O4. The molecule has 1 aliphatic carbocycles. The zero-order valence-corrected chi connectivity index (χ0v) is 14.7. The Kier molecular flexibility index (Phi) is 3.85. The number of hydrogen-bond acceptors (Lipinski definition) is 5. The molecule has 1 amide bonds. The topological polar surface area (TPSA) is 85.5 Å². The Morgan fingerprint density at radius 2 is 2.07 bits per heavy atom. The lowest BCUT2D eigenvalue weighted by atomic mass is 10.2. The molecule has 3 aromatic rings. The summed E-state index contributed by atoms with van der Waals surface area (Å²) in [5.41, 5.74) is 1.30. The first-order chi connectivity index (χ1) is 13.3. The molecule has 7 nitrogen and oxygen atoms in total. The van der Waals surface area contributed by atoms with Crippen LogP contribution in [0.25, 0.3) is 10.9 Å². The first-order valence-corrected chi connectivity index (χ1v) is 9.08. The van der Waals surface area contributed by atoms with Crippen LogP contribution in [0.1, 0.15) is 29.6 Å². The van der Waals surface area contributed by atoms with E-state index in [1.807, 2.05) is 18.2 Å². The molecule has 1 saturated carbocycles. The van der Waals surface area contributed by atoms with Crippen LogP contribution in [-0.2, 0) is 0 Å². The Morgan fingerprint density at radius 3 is 2.96 bits per heavy atom. The molecule has 0 bridgehead atoms. The minimum Gasteiger partial charge on any atom is -0.494 e. The smallest absolute Gasteiger partial charge is 0.257 e. The quantitative estimate of drug-likeness (QED) is 0.695. The number of carbonyl (C=O) groups excluding carboxylic acids is 1. The number of hydrogen-bond donors (Lipinski definition) is 2. The van der Waals surface area contributed by atoms with E-state index in [0.717, 1.165) is 35.6 Å². The summed E-state index contributed by atoms with van der Waals surface area (Å²) < 4.78 is 16.4. The van der Waals surface area contributed by atoms with Crippen molar-refractivity contribution < 1.29 is 19.0 Å². The highest BCUT2D eigenvalue weighted by Crippen LogP contribution is 2.34. The van der Waals surface area contributed by atoms with Gasteiger partial charge in [0.15, 0.2) is 17.3 Å². The number of aromatic nitrogens is 2. The van der Waals surface area contributed by atoms with E-state index in [0.29, 0.717) is 22.9 Å². The normalized spacial score (nSPS) is 15.1. The van der Waals surface area contributed by atoms with Crippen molar-refractivity contribution in [3.8, 4) is 17.2 Å². The molecule has 27 heavy (non-hydrogen) atoms. The standard InChI is InChI=1S/C20H19N3O4/c24-20(13-3-6-17-18(9-13)27-11-26-17)21-19-15-5-4-14(10-16(15)22-23-19)25-8-7-12-1-2-12/h3-6,9-10,12H,1-2,7-8,11H2,(H2,21,22,23,24). The average Bonchev–Trinajstić information content (AvgIpc) is 3.24. The first kappa shape index (κ1) is 16.0. The molecule has 5 rings (SSSR count). The molecule has 1 aromatic heterocycles. The number of amides is 1. The van der Waals surface area contributed by atoms with Gasteiger partial charge in [0.25, 0.3) is 5.91 Å². The van der Waals surface area contributed by atoms with E-state index in [-0.39, 0.29) is 12.7 Å². The van der Waals surface area contributed by atoms with Gasteiger partial charge in [0.1, 0.15) is 5.75 Å². The van der Waals surface area contributed by atoms with Crippen molar-refractivity contribution in [1.82, 2.24) is 10.2 Å². The summed E-state index contributed by atoms with van der Waals surface area (Å²) >= 11 is 0. The Labute approximate surface area is 155 Å². The van der Waals surface area contributed by atoms with E-state index < -0.39 is 0 Å². The van der Waals surface area contributed by atoms with E-state index in [1.54, 1.807) is 18.2 Å². The number of aromatic amines is 1. The summed E-state index contributed by atoms with van der Waals surface area (Å²) in [5, 5.41) is 10.8. The molecule has 7 heteroatoms. The Morgan fingerprint density at radius 1 is 1.19 bits per heavy atom. The molecule has 0 unspecified atom stereocenters. The van der Waals surface area contributed by atoms with E-state index in [2.05, 4.69) is 15.5 Å². The highest BCUT2D eigenvalue weighted by atomic mass is 16.7. The molecule has 2 N–H and O–H groups in total. The van der Waals surface area contributed by atoms with Crippen LogP contribution in [0.4, 0.5) is 5.82 Å². The van der Waals surface area contributed by atoms with Crippen LogP contribution in [0.3, 0.4) is 0 Å². The van der Waals surface area contributed by atoms with Crippen molar-refractivity contribution in [2.75, 3.05) is 18.7 Å². The number of nitrogens with zero attached hydrogens (tertiary/aromatic N) is 1. The largest absolute Gasteiger partial charge is 0.494 e. The molecule has 0 atom stereocenters. The van der Waals surface area contributed by atoms with Crippen molar-refractivity contribution in [2.24, 2.45) is 5.92 Å². The number of nitrogens with one attached hydrogen (secondary N) is 2. The van der Waals surface area contributed by atoms with E-state index in [9.17, 15) is 4.79 Å². The number of anilines is 1. The summed E-state index contributed by atoms with van der Waals surface area (Å²) in [6.07, 6.45) is 3.77. The second-order valence-electron chi connectivity index (χ2n) is 6.88. The predicted octanol–water partition coefficient (Wildman–Crippen LogP) is 3.72. The highest BCUT2D eigenvalue weighted by Gasteiger charge is 2.21. The Hall–Kier alpha value is -3.22. The minimum atomic E-state index is -0.258. The number of ether oxygens (including phenoxy) is 3. The van der Waals surface area contributed by atoms with Gasteiger partial charge in [0.2, 0.25) is 6.79 Å². The maximum absolute atomic E-state index is 12.5. The lowest BCUT2D eigenvalue weighted by Crippen LogP contribution is -2.12. The van der Waals surface area contributed by atoms with Gasteiger partial charge in [-0.1, -0.05) is 12.8 Å². The summed E-state index contributed by atoms with van der Waals surface area (Å²) in [6.45, 7) is 0.910. The minimum absolute atomic E-state index is 0.176. The SMILES string of the molecule is O=C(Nc1n[nH]c2cc(OCCC3CC3)ccc12)c1ccc2c(c1)OCO2. The molecule has 0 saturated heterocycles. The summed E-state index contributed by atoms with van der Waals surface area (Å²) in [7, 11) is 0. The van der Waals surface area contributed by atoms with Crippen LogP contribution in [-0.4, -0.2) is 29.5 Å². The first-order valence-electron chi connectivity index (χ1n) is 9.08. The average molecular weight is 365 g/mol. The van der Waals surface area contributed by atoms with Gasteiger partial charge in [0, 0.05) is 17.0 Å². The zero-order valence-electron chi connectivity index (χ0n) is 14.7. The van der Waals surface area contributed by atoms with Gasteiger partial charge in [-0.3, -0.25) is 9.89 Å². The lowest BCUT2D eigenvalue weighted by Gasteiger charge is -2.06. The van der Waals surface area contributed by atoms with Gasteiger partial charge >= 0.3 is 0 Å². The molecule has 2 aromatic carbocycles. The van der Waals surface area contributed by atoms with Gasteiger partial charge < -0.3 is 19.5 Å². The van der Waals surface area contributed by atoms with Gasteiger partial charge in [-0.25, -0.2) is 0 Å². The third-order valence-corrected chi connectivity index (χ3v) is 4.89. The number of H-pyrrole nitrogens is 1. The Bertz CT molecular complexity index is 1010. The molecule has 1 fully saturated rings. The number of benzene rings is 2. The van der Waals surface area contributed by atoms with Crippen molar-refractivity contribution in [3.05, 3.63) is 42.0 Å². The van der Waals surface area contributed by atoms with E-state index in [4.69, 9.17) is 14.2 Å². The van der Waals surface area contributed by atoms with Gasteiger partial charge in [-0.15, -0.1) is 0 Å². The lowest BCUT2D eigenvalue weighted by molar-refractivity contribution is 0.102. The summed E-state index contributed by atoms with van der Waals surface area (Å²) in [6, 6.07) is 10.8. The van der Waals surface area contributed by atoms with Crippen LogP contribution in [0.5, 0.6) is 17.2 Å². The van der Waals surface area contributed by atoms with E-state index in [1.165, 1.54) is 12.8 Å². The molecule has 0 radical (unpaired) electrons. The number of carbonyl (C=O) groups is 1. The van der Waals surface area contributed by atoms with Crippen LogP contribution < -0.4 is 19.5 Å². The number of fused-ring (bicyclic) bond motifs is 2. The summed E-state index contributed by atoms with van der Waals surface area (Å²) in [5.74, 6) is 3.09. The molecular weight excluding hydrogens is 346 g/mol. The fraction of sp³-hybridized carbons (Fsp3) is 0.300. The van der Waals surface area contributed by atoms with Crippen molar-refractivity contribution in [3.63, 3.8) is 0 Å². The van der Waals surface area contributed by atoms with Crippen LogP contribution in [0.15, 0.2) is 36.4 Å². The summed E-state index contributed by atoms with van der Waals surface area (Å²) in [4.78, 5) is 12.5. The van der Waals surface area contributed by atoms with Crippen LogP contribution >= 0.6 is 0 Å². The monoisotopic (exact) mass is 365 g/mol. The second-order valence-corrected chi connectivity index (χ2v) is 6.88. The highest BCUT2D eigenvalue weighted by molar-refractivity contribution is 6.08. The fourth-order valence-electron chi connectivity index (χ4n) is 3.15. The molecule has 2 heterocycles. The van der Waals surface area contributed by atoms with Gasteiger partial charge in [0.05, 0.1) is 12.1 Å². The predicted molar refractivity (Wildman–Crippen MR) is 99.4 cm³/mol.